The lowest BCUT2D eigenvalue weighted by molar-refractivity contribution is -0.135. The molecule has 3 N–H and O–H groups in total. The van der Waals surface area contributed by atoms with Crippen LogP contribution in [-0.4, -0.2) is 74.9 Å². The quantitative estimate of drug-likeness (QED) is 0.616. The summed E-state index contributed by atoms with van der Waals surface area (Å²) >= 11 is 0. The molecular formula is C17H26N4O7S. The van der Waals surface area contributed by atoms with Gasteiger partial charge in [0.05, 0.1) is 7.11 Å². The number of alkyl carbamates (subject to hydrolysis) is 1. The number of ether oxygens (including phenoxy) is 1. The molecule has 12 heteroatoms. The first-order valence-corrected chi connectivity index (χ1v) is 10.5. The Morgan fingerprint density at radius 1 is 1.21 bits per heavy atom. The number of amides is 3. The Morgan fingerprint density at radius 2 is 1.83 bits per heavy atom. The number of nitrogens with zero attached hydrogens (tertiary/aromatic N) is 2. The Balaban J connectivity index is 2.04. The number of nitrogens with two attached hydrogens (primary N) is 1. The lowest BCUT2D eigenvalue weighted by Crippen LogP contribution is -2.56. The molecule has 0 aliphatic carbocycles. The molecule has 3 amide bonds. The molecule has 11 nitrogen and oxygen atoms in total. The fraction of sp³-hybridized carbons (Fsp3) is 0.588. The van der Waals surface area contributed by atoms with Gasteiger partial charge >= 0.3 is 6.09 Å². The Kier molecular flexibility index (Phi) is 7.25. The van der Waals surface area contributed by atoms with Crippen molar-refractivity contribution >= 4 is 27.9 Å². The predicted molar refractivity (Wildman–Crippen MR) is 101 cm³/mol. The minimum atomic E-state index is -3.95. The van der Waals surface area contributed by atoms with Gasteiger partial charge in [-0.15, -0.1) is 0 Å². The molecule has 1 fully saturated rings. The summed E-state index contributed by atoms with van der Waals surface area (Å²) in [5.74, 6) is -1.25. The molecule has 1 aromatic heterocycles. The van der Waals surface area contributed by atoms with Crippen LogP contribution < -0.4 is 11.1 Å². The second kappa shape index (κ2) is 9.27. The van der Waals surface area contributed by atoms with Crippen molar-refractivity contribution in [3.63, 3.8) is 0 Å². The number of hydrogen-bond acceptors (Lipinski definition) is 7. The Labute approximate surface area is 169 Å². The molecule has 0 aromatic carbocycles. The van der Waals surface area contributed by atoms with Crippen molar-refractivity contribution < 1.29 is 32.0 Å². The molecule has 0 bridgehead atoms. The molecule has 162 valence electrons. The molecular weight excluding hydrogens is 404 g/mol. The molecule has 1 aromatic rings. The van der Waals surface area contributed by atoms with E-state index in [2.05, 4.69) is 10.1 Å². The fourth-order valence-electron chi connectivity index (χ4n) is 2.98. The van der Waals surface area contributed by atoms with Crippen LogP contribution in [0.3, 0.4) is 0 Å². The number of methoxy groups -OCH3 is 1. The number of rotatable bonds is 7. The highest BCUT2D eigenvalue weighted by molar-refractivity contribution is 7.89. The Bertz CT molecular complexity index is 857. The van der Waals surface area contributed by atoms with Gasteiger partial charge in [-0.1, -0.05) is 13.8 Å². The predicted octanol–water partition coefficient (Wildman–Crippen LogP) is -0.0179. The molecule has 0 spiro atoms. The van der Waals surface area contributed by atoms with Crippen molar-refractivity contribution in [1.82, 2.24) is 14.5 Å². The number of primary amides is 1. The first kappa shape index (κ1) is 22.7. The number of nitrogens with one attached hydrogen (secondary N) is 1. The zero-order chi connectivity index (χ0) is 21.8. The molecule has 1 aliphatic heterocycles. The van der Waals surface area contributed by atoms with E-state index in [1.807, 2.05) is 13.8 Å². The van der Waals surface area contributed by atoms with Crippen molar-refractivity contribution in [1.29, 1.82) is 0 Å². The third kappa shape index (κ3) is 5.48. The van der Waals surface area contributed by atoms with Crippen LogP contribution in [0.5, 0.6) is 0 Å². The minimum Gasteiger partial charge on any atom is -0.453 e. The van der Waals surface area contributed by atoms with Crippen LogP contribution >= 0.6 is 0 Å². The van der Waals surface area contributed by atoms with Gasteiger partial charge in [0, 0.05) is 26.2 Å². The number of furan rings is 1. The van der Waals surface area contributed by atoms with Crippen molar-refractivity contribution in [3.05, 3.63) is 17.9 Å². The van der Waals surface area contributed by atoms with Gasteiger partial charge in [0.2, 0.25) is 11.0 Å². The van der Waals surface area contributed by atoms with Gasteiger partial charge in [-0.2, -0.15) is 4.31 Å². The molecule has 1 unspecified atom stereocenters. The average Bonchev–Trinajstić information content (AvgIpc) is 3.18. The zero-order valence-corrected chi connectivity index (χ0v) is 17.4. The third-order valence-electron chi connectivity index (χ3n) is 4.45. The van der Waals surface area contributed by atoms with Crippen LogP contribution in [0.1, 0.15) is 30.8 Å². The summed E-state index contributed by atoms with van der Waals surface area (Å²) in [6, 6.07) is 1.62. The largest absolute Gasteiger partial charge is 0.453 e. The SMILES string of the molecule is COC(=O)NC(CC(C)C)C(=O)N1CCN(S(=O)(=O)c2ccc(C(N)=O)o2)CC1. The zero-order valence-electron chi connectivity index (χ0n) is 16.6. The summed E-state index contributed by atoms with van der Waals surface area (Å²) < 4.78 is 36.1. The fourth-order valence-corrected chi connectivity index (χ4v) is 4.32. The van der Waals surface area contributed by atoms with Crippen LogP contribution in [0.25, 0.3) is 0 Å². The van der Waals surface area contributed by atoms with Crippen molar-refractivity contribution in [2.75, 3.05) is 33.3 Å². The molecule has 1 aliphatic rings. The van der Waals surface area contributed by atoms with Gasteiger partial charge < -0.3 is 25.1 Å². The van der Waals surface area contributed by atoms with E-state index in [1.54, 1.807) is 0 Å². The molecule has 29 heavy (non-hydrogen) atoms. The summed E-state index contributed by atoms with van der Waals surface area (Å²) in [5, 5.41) is 2.15. The third-order valence-corrected chi connectivity index (χ3v) is 6.22. The minimum absolute atomic E-state index is 0.0489. The van der Waals surface area contributed by atoms with Crippen LogP contribution in [0.4, 0.5) is 4.79 Å². The van der Waals surface area contributed by atoms with Crippen LogP contribution in [0.15, 0.2) is 21.6 Å². The highest BCUT2D eigenvalue weighted by Crippen LogP contribution is 2.21. The van der Waals surface area contributed by atoms with Gasteiger partial charge in [-0.05, 0) is 24.5 Å². The summed E-state index contributed by atoms with van der Waals surface area (Å²) in [5.41, 5.74) is 5.08. The van der Waals surface area contributed by atoms with Crippen LogP contribution in [0.2, 0.25) is 0 Å². The van der Waals surface area contributed by atoms with Crippen LogP contribution in [0, 0.1) is 5.92 Å². The maximum absolute atomic E-state index is 12.8. The van der Waals surface area contributed by atoms with Crippen molar-refractivity contribution in [2.45, 2.75) is 31.4 Å². The molecule has 2 heterocycles. The number of carbonyl (C=O) groups excluding carboxylic acids is 3. The molecule has 1 saturated heterocycles. The van der Waals surface area contributed by atoms with E-state index in [4.69, 9.17) is 10.2 Å². The van der Waals surface area contributed by atoms with Crippen molar-refractivity contribution in [2.24, 2.45) is 11.7 Å². The molecule has 2 rings (SSSR count). The summed E-state index contributed by atoms with van der Waals surface area (Å²) in [7, 11) is -2.74. The van der Waals surface area contributed by atoms with E-state index >= 15 is 0 Å². The standard InChI is InChI=1S/C17H26N4O7S/c1-11(2)10-12(19-17(24)27-3)16(23)20-6-8-21(9-7-20)29(25,26)14-5-4-13(28-14)15(18)22/h4-5,11-12H,6-10H2,1-3H3,(H2,18,22)(H,19,24). The second-order valence-electron chi connectivity index (χ2n) is 7.03. The van der Waals surface area contributed by atoms with E-state index in [9.17, 15) is 22.8 Å². The van der Waals surface area contributed by atoms with Gasteiger partial charge in [-0.3, -0.25) is 9.59 Å². The Hall–Kier alpha value is -2.60. The first-order chi connectivity index (χ1) is 13.6. The van der Waals surface area contributed by atoms with Gasteiger partial charge in [-0.25, -0.2) is 13.2 Å². The maximum atomic E-state index is 12.8. The van der Waals surface area contributed by atoms with Crippen LogP contribution in [-0.2, 0) is 19.6 Å². The molecule has 0 saturated carbocycles. The van der Waals surface area contributed by atoms with E-state index in [0.29, 0.717) is 6.42 Å². The average molecular weight is 430 g/mol. The monoisotopic (exact) mass is 430 g/mol. The number of hydrogen-bond donors (Lipinski definition) is 2. The van der Waals surface area contributed by atoms with E-state index in [0.717, 1.165) is 0 Å². The highest BCUT2D eigenvalue weighted by atomic mass is 32.2. The number of piperazine rings is 1. The maximum Gasteiger partial charge on any atom is 0.407 e. The van der Waals surface area contributed by atoms with E-state index in [1.165, 1.54) is 28.4 Å². The summed E-state index contributed by atoms with van der Waals surface area (Å²) in [6.07, 6.45) is -0.275. The number of sulfonamides is 1. The Morgan fingerprint density at radius 3 is 2.31 bits per heavy atom. The highest BCUT2D eigenvalue weighted by Gasteiger charge is 2.35. The van der Waals surface area contributed by atoms with Gasteiger partial charge in [0.25, 0.3) is 15.9 Å². The summed E-state index contributed by atoms with van der Waals surface area (Å²) in [4.78, 5) is 37.0. The summed E-state index contributed by atoms with van der Waals surface area (Å²) in [6.45, 7) is 4.25. The first-order valence-electron chi connectivity index (χ1n) is 9.09. The number of carbonyl (C=O) groups is 3. The lowest BCUT2D eigenvalue weighted by Gasteiger charge is -2.35. The molecule has 1 atom stereocenters. The van der Waals surface area contributed by atoms with Gasteiger partial charge in [0.15, 0.2) is 5.76 Å². The molecule has 0 radical (unpaired) electrons. The topological polar surface area (TPSA) is 152 Å². The van der Waals surface area contributed by atoms with Gasteiger partial charge in [0.1, 0.15) is 6.04 Å². The van der Waals surface area contributed by atoms with E-state index in [-0.39, 0.29) is 48.9 Å². The smallest absolute Gasteiger partial charge is 0.407 e. The second-order valence-corrected chi connectivity index (χ2v) is 8.90. The normalized spacial score (nSPS) is 16.5. The lowest BCUT2D eigenvalue weighted by atomic mass is 10.0. The van der Waals surface area contributed by atoms with Crippen molar-refractivity contribution in [3.8, 4) is 0 Å². The van der Waals surface area contributed by atoms with E-state index < -0.39 is 28.1 Å².